The minimum atomic E-state index is -4.58. The van der Waals surface area contributed by atoms with Crippen molar-refractivity contribution in [3.05, 3.63) is 46.6 Å². The molecule has 0 amide bonds. The summed E-state index contributed by atoms with van der Waals surface area (Å²) >= 11 is 0. The second-order valence-electron chi connectivity index (χ2n) is 4.67. The molecule has 1 aromatic rings. The molecule has 0 radical (unpaired) electrons. The number of nitrogens with zero attached hydrogens (tertiary/aromatic N) is 1. The molecule has 2 rings (SSSR count). The van der Waals surface area contributed by atoms with Gasteiger partial charge in [0.25, 0.3) is 0 Å². The molecule has 1 fully saturated rings. The molecule has 0 N–H and O–H groups in total. The van der Waals surface area contributed by atoms with Gasteiger partial charge in [-0.25, -0.2) is 11.0 Å². The summed E-state index contributed by atoms with van der Waals surface area (Å²) in [7, 11) is 0. The Morgan fingerprint density at radius 2 is 1.94 bits per heavy atom. The molecule has 1 aliphatic rings. The van der Waals surface area contributed by atoms with Gasteiger partial charge in [0.15, 0.2) is 0 Å². The molecule has 1 aliphatic carbocycles. The van der Waals surface area contributed by atoms with Crippen molar-refractivity contribution in [1.29, 1.82) is 0 Å². The third kappa shape index (κ3) is 2.33. The van der Waals surface area contributed by atoms with E-state index in [1.807, 2.05) is 0 Å². The van der Waals surface area contributed by atoms with E-state index in [1.165, 1.54) is 0 Å². The lowest BCUT2D eigenvalue weighted by atomic mass is 9.73. The third-order valence-electron chi connectivity index (χ3n) is 3.42. The maximum atomic E-state index is 12.9. The van der Waals surface area contributed by atoms with Gasteiger partial charge in [0.2, 0.25) is 5.54 Å². The molecule has 0 atom stereocenters. The van der Waals surface area contributed by atoms with E-state index in [4.69, 9.17) is 6.57 Å². The number of hydrogen-bond acceptors (Lipinski definition) is 0. The topological polar surface area (TPSA) is 4.36 Å². The summed E-state index contributed by atoms with van der Waals surface area (Å²) in [6, 6.07) is 2.66. The first kappa shape index (κ1) is 12.9. The standard InChI is InChI=1S/C13H11F4N/c1-18-12(5-2-6-12)8-9-3-4-10(14)7-11(9)13(15,16)17/h3-4,7H,2,5-6,8H2. The van der Waals surface area contributed by atoms with Crippen molar-refractivity contribution in [2.75, 3.05) is 0 Å². The van der Waals surface area contributed by atoms with Crippen molar-refractivity contribution in [3.63, 3.8) is 0 Å². The fourth-order valence-electron chi connectivity index (χ4n) is 2.23. The van der Waals surface area contributed by atoms with Gasteiger partial charge < -0.3 is 4.85 Å². The predicted molar refractivity (Wildman–Crippen MR) is 58.3 cm³/mol. The van der Waals surface area contributed by atoms with E-state index in [9.17, 15) is 17.6 Å². The molecular formula is C13H11F4N. The molecule has 0 bridgehead atoms. The fourth-order valence-corrected chi connectivity index (χ4v) is 2.23. The average molecular weight is 257 g/mol. The summed E-state index contributed by atoms with van der Waals surface area (Å²) in [6.07, 6.45) is -2.43. The van der Waals surface area contributed by atoms with Gasteiger partial charge in [-0.1, -0.05) is 6.07 Å². The minimum absolute atomic E-state index is 0.0135. The quantitative estimate of drug-likeness (QED) is 0.551. The van der Waals surface area contributed by atoms with Gasteiger partial charge >= 0.3 is 6.18 Å². The van der Waals surface area contributed by atoms with Crippen LogP contribution in [0.2, 0.25) is 0 Å². The molecular weight excluding hydrogens is 246 g/mol. The van der Waals surface area contributed by atoms with Crippen molar-refractivity contribution in [3.8, 4) is 0 Å². The Kier molecular flexibility index (Phi) is 3.05. The van der Waals surface area contributed by atoms with Crippen LogP contribution in [-0.4, -0.2) is 5.54 Å². The van der Waals surface area contributed by atoms with Crippen LogP contribution in [0, 0.1) is 12.4 Å². The molecule has 0 aromatic heterocycles. The van der Waals surface area contributed by atoms with E-state index in [1.54, 1.807) is 0 Å². The van der Waals surface area contributed by atoms with Crippen LogP contribution in [0.15, 0.2) is 18.2 Å². The summed E-state index contributed by atoms with van der Waals surface area (Å²) < 4.78 is 51.3. The monoisotopic (exact) mass is 257 g/mol. The lowest BCUT2D eigenvalue weighted by molar-refractivity contribution is -0.138. The summed E-state index contributed by atoms with van der Waals surface area (Å²) in [5.41, 5.74) is -1.66. The largest absolute Gasteiger partial charge is 0.416 e. The highest BCUT2D eigenvalue weighted by Crippen LogP contribution is 2.41. The van der Waals surface area contributed by atoms with E-state index < -0.39 is 23.1 Å². The predicted octanol–water partition coefficient (Wildman–Crippen LogP) is 4.23. The Morgan fingerprint density at radius 1 is 1.28 bits per heavy atom. The average Bonchev–Trinajstić information content (AvgIpc) is 2.24. The van der Waals surface area contributed by atoms with Crippen LogP contribution in [-0.2, 0) is 12.6 Å². The molecule has 5 heteroatoms. The number of benzene rings is 1. The Hall–Kier alpha value is -1.57. The highest BCUT2D eigenvalue weighted by atomic mass is 19.4. The second-order valence-corrected chi connectivity index (χ2v) is 4.67. The first-order valence-corrected chi connectivity index (χ1v) is 5.61. The Balaban J connectivity index is 2.36. The van der Waals surface area contributed by atoms with Gasteiger partial charge in [-0.3, -0.25) is 0 Å². The van der Waals surface area contributed by atoms with Crippen LogP contribution in [0.3, 0.4) is 0 Å². The SMILES string of the molecule is [C-]#[N+]C1(Cc2ccc(F)cc2C(F)(F)F)CCC1. The van der Waals surface area contributed by atoms with E-state index in [0.29, 0.717) is 18.9 Å². The zero-order chi connectivity index (χ0) is 13.4. The summed E-state index contributed by atoms with van der Waals surface area (Å²) in [5, 5.41) is 0. The molecule has 0 saturated heterocycles. The van der Waals surface area contributed by atoms with Gasteiger partial charge in [0, 0.05) is 12.8 Å². The van der Waals surface area contributed by atoms with Crippen molar-refractivity contribution in [2.45, 2.75) is 37.4 Å². The van der Waals surface area contributed by atoms with Crippen LogP contribution >= 0.6 is 0 Å². The molecule has 0 unspecified atom stereocenters. The van der Waals surface area contributed by atoms with Crippen molar-refractivity contribution in [2.24, 2.45) is 0 Å². The van der Waals surface area contributed by atoms with Crippen LogP contribution in [0.1, 0.15) is 30.4 Å². The Morgan fingerprint density at radius 3 is 2.39 bits per heavy atom. The highest BCUT2D eigenvalue weighted by molar-refractivity contribution is 5.33. The van der Waals surface area contributed by atoms with Crippen LogP contribution < -0.4 is 0 Å². The number of halogens is 4. The Bertz CT molecular complexity index is 495. The molecule has 96 valence electrons. The van der Waals surface area contributed by atoms with E-state index in [2.05, 4.69) is 4.85 Å². The van der Waals surface area contributed by atoms with E-state index >= 15 is 0 Å². The van der Waals surface area contributed by atoms with Crippen LogP contribution in [0.25, 0.3) is 4.85 Å². The van der Waals surface area contributed by atoms with Gasteiger partial charge in [-0.15, -0.1) is 0 Å². The van der Waals surface area contributed by atoms with E-state index in [-0.39, 0.29) is 12.0 Å². The number of rotatable bonds is 2. The molecule has 1 saturated carbocycles. The number of alkyl halides is 3. The highest BCUT2D eigenvalue weighted by Gasteiger charge is 2.45. The molecule has 1 aromatic carbocycles. The molecule has 1 nitrogen and oxygen atoms in total. The lowest BCUT2D eigenvalue weighted by Gasteiger charge is -2.30. The third-order valence-corrected chi connectivity index (χ3v) is 3.42. The molecule has 0 spiro atoms. The van der Waals surface area contributed by atoms with E-state index in [0.717, 1.165) is 18.6 Å². The lowest BCUT2D eigenvalue weighted by Crippen LogP contribution is -2.36. The summed E-state index contributed by atoms with van der Waals surface area (Å²) in [4.78, 5) is 3.46. The maximum absolute atomic E-state index is 12.9. The van der Waals surface area contributed by atoms with Crippen LogP contribution in [0.4, 0.5) is 17.6 Å². The smallest absolute Gasteiger partial charge is 0.310 e. The molecule has 18 heavy (non-hydrogen) atoms. The Labute approximate surface area is 102 Å². The fraction of sp³-hybridized carbons (Fsp3) is 0.462. The zero-order valence-electron chi connectivity index (χ0n) is 9.52. The van der Waals surface area contributed by atoms with Crippen LogP contribution in [0.5, 0.6) is 0 Å². The van der Waals surface area contributed by atoms with Crippen molar-refractivity contribution in [1.82, 2.24) is 0 Å². The zero-order valence-corrected chi connectivity index (χ0v) is 9.52. The number of hydrogen-bond donors (Lipinski definition) is 0. The van der Waals surface area contributed by atoms with Gasteiger partial charge in [-0.05, 0) is 24.1 Å². The van der Waals surface area contributed by atoms with Gasteiger partial charge in [0.05, 0.1) is 12.0 Å². The van der Waals surface area contributed by atoms with Gasteiger partial charge in [0.1, 0.15) is 5.82 Å². The van der Waals surface area contributed by atoms with Crippen molar-refractivity contribution >= 4 is 0 Å². The summed E-state index contributed by atoms with van der Waals surface area (Å²) in [5.74, 6) is -0.906. The molecule has 0 aliphatic heterocycles. The van der Waals surface area contributed by atoms with Gasteiger partial charge in [-0.2, -0.15) is 13.2 Å². The minimum Gasteiger partial charge on any atom is -0.310 e. The first-order chi connectivity index (χ1) is 8.36. The second kappa shape index (κ2) is 4.27. The first-order valence-electron chi connectivity index (χ1n) is 5.61. The summed E-state index contributed by atoms with van der Waals surface area (Å²) in [6.45, 7) is 7.10. The normalized spacial score (nSPS) is 17.9. The maximum Gasteiger partial charge on any atom is 0.416 e. The molecule has 0 heterocycles. The van der Waals surface area contributed by atoms with Crippen molar-refractivity contribution < 1.29 is 17.6 Å².